The number of aliphatic carboxylic acids is 1. The van der Waals surface area contributed by atoms with Crippen LogP contribution in [0.4, 0.5) is 0 Å². The third-order valence-corrected chi connectivity index (χ3v) is 5.03. The van der Waals surface area contributed by atoms with Gasteiger partial charge in [0.25, 0.3) is 0 Å². The van der Waals surface area contributed by atoms with Crippen molar-refractivity contribution in [1.29, 1.82) is 0 Å². The van der Waals surface area contributed by atoms with Gasteiger partial charge in [0, 0.05) is 23.6 Å². The van der Waals surface area contributed by atoms with Gasteiger partial charge in [-0.05, 0) is 61.6 Å². The Kier molecular flexibility index (Phi) is 5.62. The molecule has 1 N–H and O–H groups in total. The maximum Gasteiger partial charge on any atom is 0.303 e. The Morgan fingerprint density at radius 2 is 1.92 bits per heavy atom. The van der Waals surface area contributed by atoms with E-state index in [9.17, 15) is 4.79 Å². The third kappa shape index (κ3) is 3.91. The number of benzene rings is 2. The first-order valence-electron chi connectivity index (χ1n) is 8.98. The van der Waals surface area contributed by atoms with Gasteiger partial charge in [-0.15, -0.1) is 0 Å². The monoisotopic (exact) mass is 370 g/mol. The zero-order valence-electron chi connectivity index (χ0n) is 15.1. The van der Waals surface area contributed by atoms with Crippen molar-refractivity contribution in [3.8, 4) is 5.69 Å². The van der Waals surface area contributed by atoms with Crippen LogP contribution in [0.2, 0.25) is 5.02 Å². The van der Waals surface area contributed by atoms with Crippen molar-refractivity contribution in [1.82, 2.24) is 9.55 Å². The molecule has 0 bridgehead atoms. The van der Waals surface area contributed by atoms with Gasteiger partial charge in [-0.1, -0.05) is 30.7 Å². The summed E-state index contributed by atoms with van der Waals surface area (Å²) in [4.78, 5) is 15.3. The number of imidazole rings is 1. The van der Waals surface area contributed by atoms with Crippen molar-refractivity contribution in [2.45, 2.75) is 46.0 Å². The van der Waals surface area contributed by atoms with Crippen molar-refractivity contribution >= 4 is 28.6 Å². The van der Waals surface area contributed by atoms with E-state index in [1.807, 2.05) is 13.0 Å². The van der Waals surface area contributed by atoms with Gasteiger partial charge in [0.05, 0.1) is 11.0 Å². The number of nitrogens with zero attached hydrogens (tertiary/aromatic N) is 2. The number of hydrogen-bond donors (Lipinski definition) is 1. The number of unbranched alkanes of at least 4 members (excludes halogenated alkanes) is 1. The summed E-state index contributed by atoms with van der Waals surface area (Å²) in [5.74, 6) is 0.283. The van der Waals surface area contributed by atoms with Crippen LogP contribution in [0.1, 0.15) is 43.1 Å². The molecule has 0 aliphatic heterocycles. The molecule has 0 saturated carbocycles. The number of carboxylic acids is 1. The van der Waals surface area contributed by atoms with E-state index in [4.69, 9.17) is 21.7 Å². The summed E-state index contributed by atoms with van der Waals surface area (Å²) in [6.07, 6.45) is 3.57. The summed E-state index contributed by atoms with van der Waals surface area (Å²) in [7, 11) is 0. The van der Waals surface area contributed by atoms with Crippen LogP contribution in [0.5, 0.6) is 0 Å². The van der Waals surface area contributed by atoms with E-state index in [0.717, 1.165) is 52.4 Å². The fourth-order valence-electron chi connectivity index (χ4n) is 3.19. The van der Waals surface area contributed by atoms with E-state index in [1.54, 1.807) is 0 Å². The summed E-state index contributed by atoms with van der Waals surface area (Å²) >= 11 is 6.25. The predicted octanol–water partition coefficient (Wildman–Crippen LogP) is 5.35. The average Bonchev–Trinajstić information content (AvgIpc) is 2.97. The van der Waals surface area contributed by atoms with Gasteiger partial charge in [0.1, 0.15) is 5.82 Å². The maximum atomic E-state index is 10.6. The van der Waals surface area contributed by atoms with Crippen LogP contribution >= 0.6 is 11.6 Å². The number of carbonyl (C=O) groups is 1. The van der Waals surface area contributed by atoms with Crippen LogP contribution in [0.25, 0.3) is 16.7 Å². The molecule has 0 unspecified atom stereocenters. The number of hydrogen-bond acceptors (Lipinski definition) is 2. The lowest BCUT2D eigenvalue weighted by Crippen LogP contribution is -2.00. The number of halogens is 1. The Bertz CT molecular complexity index is 929. The Labute approximate surface area is 158 Å². The lowest BCUT2D eigenvalue weighted by atomic mass is 10.1. The number of fused-ring (bicyclic) bond motifs is 1. The maximum absolute atomic E-state index is 10.6. The largest absolute Gasteiger partial charge is 0.481 e. The van der Waals surface area contributed by atoms with Gasteiger partial charge in [-0.25, -0.2) is 4.98 Å². The summed E-state index contributed by atoms with van der Waals surface area (Å²) in [6, 6.07) is 12.5. The highest BCUT2D eigenvalue weighted by atomic mass is 35.5. The zero-order valence-corrected chi connectivity index (χ0v) is 15.9. The molecule has 0 aliphatic carbocycles. The SMILES string of the molecule is CCc1nc2cc(Cl)c(C)cc2n1-c1ccc(CCCCC(=O)O)cc1. The van der Waals surface area contributed by atoms with Crippen LogP contribution in [0, 0.1) is 6.92 Å². The van der Waals surface area contributed by atoms with Gasteiger partial charge in [-0.3, -0.25) is 9.36 Å². The number of carboxylic acid groups (broad SMARTS) is 1. The van der Waals surface area contributed by atoms with Crippen molar-refractivity contribution in [2.75, 3.05) is 0 Å². The van der Waals surface area contributed by atoms with E-state index in [-0.39, 0.29) is 6.42 Å². The van der Waals surface area contributed by atoms with Gasteiger partial charge < -0.3 is 5.11 Å². The van der Waals surface area contributed by atoms with Gasteiger partial charge in [-0.2, -0.15) is 0 Å². The van der Waals surface area contributed by atoms with Crippen LogP contribution in [0.3, 0.4) is 0 Å². The number of rotatable bonds is 7. The molecular formula is C21H23ClN2O2. The van der Waals surface area contributed by atoms with E-state index in [2.05, 4.69) is 41.8 Å². The fraction of sp³-hybridized carbons (Fsp3) is 0.333. The molecule has 0 fully saturated rings. The molecule has 3 aromatic rings. The Morgan fingerprint density at radius 3 is 2.58 bits per heavy atom. The molecule has 0 aliphatic rings. The molecule has 4 nitrogen and oxygen atoms in total. The molecule has 136 valence electrons. The molecule has 26 heavy (non-hydrogen) atoms. The summed E-state index contributed by atoms with van der Waals surface area (Å²) in [5, 5.41) is 9.45. The molecule has 0 atom stereocenters. The highest BCUT2D eigenvalue weighted by Gasteiger charge is 2.13. The second kappa shape index (κ2) is 7.92. The molecular weight excluding hydrogens is 348 g/mol. The molecule has 1 aromatic heterocycles. The minimum absolute atomic E-state index is 0.237. The van der Waals surface area contributed by atoms with Crippen molar-refractivity contribution in [2.24, 2.45) is 0 Å². The minimum atomic E-state index is -0.727. The molecule has 0 saturated heterocycles. The lowest BCUT2D eigenvalue weighted by Gasteiger charge is -2.10. The first-order valence-corrected chi connectivity index (χ1v) is 9.36. The van der Waals surface area contributed by atoms with Crippen LogP contribution < -0.4 is 0 Å². The molecule has 0 radical (unpaired) electrons. The van der Waals surface area contributed by atoms with Gasteiger partial charge in [0.2, 0.25) is 0 Å². The zero-order chi connectivity index (χ0) is 18.7. The highest BCUT2D eigenvalue weighted by molar-refractivity contribution is 6.32. The molecule has 2 aromatic carbocycles. The minimum Gasteiger partial charge on any atom is -0.481 e. The fourth-order valence-corrected chi connectivity index (χ4v) is 3.35. The quantitative estimate of drug-likeness (QED) is 0.570. The van der Waals surface area contributed by atoms with Crippen LogP contribution in [0.15, 0.2) is 36.4 Å². The summed E-state index contributed by atoms with van der Waals surface area (Å²) in [5.41, 5.74) is 5.33. The van der Waals surface area contributed by atoms with Crippen molar-refractivity contribution in [3.05, 3.63) is 58.4 Å². The van der Waals surface area contributed by atoms with Crippen molar-refractivity contribution < 1.29 is 9.90 Å². The second-order valence-electron chi connectivity index (χ2n) is 6.57. The van der Waals surface area contributed by atoms with Crippen molar-refractivity contribution in [3.63, 3.8) is 0 Å². The van der Waals surface area contributed by atoms with Crippen LogP contribution in [-0.4, -0.2) is 20.6 Å². The van der Waals surface area contributed by atoms with E-state index in [0.29, 0.717) is 6.42 Å². The summed E-state index contributed by atoms with van der Waals surface area (Å²) in [6.45, 7) is 4.11. The van der Waals surface area contributed by atoms with E-state index >= 15 is 0 Å². The Morgan fingerprint density at radius 1 is 1.19 bits per heavy atom. The average molecular weight is 371 g/mol. The van der Waals surface area contributed by atoms with Gasteiger partial charge in [0.15, 0.2) is 0 Å². The molecule has 1 heterocycles. The topological polar surface area (TPSA) is 55.1 Å². The first-order chi connectivity index (χ1) is 12.5. The molecule has 3 rings (SSSR count). The molecule has 0 amide bonds. The van der Waals surface area contributed by atoms with E-state index < -0.39 is 5.97 Å². The Balaban J connectivity index is 1.87. The highest BCUT2D eigenvalue weighted by Crippen LogP contribution is 2.27. The normalized spacial score (nSPS) is 11.2. The Hall–Kier alpha value is -2.33. The van der Waals surface area contributed by atoms with E-state index in [1.165, 1.54) is 5.56 Å². The summed E-state index contributed by atoms with van der Waals surface area (Å²) < 4.78 is 2.19. The lowest BCUT2D eigenvalue weighted by molar-refractivity contribution is -0.137. The third-order valence-electron chi connectivity index (χ3n) is 4.62. The number of aromatic nitrogens is 2. The molecule has 5 heteroatoms. The van der Waals surface area contributed by atoms with Crippen LogP contribution in [-0.2, 0) is 17.6 Å². The van der Waals surface area contributed by atoms with Gasteiger partial charge >= 0.3 is 5.97 Å². The standard InChI is InChI=1S/C21H23ClN2O2/c1-3-20-23-18-13-17(22)14(2)12-19(18)24(20)16-10-8-15(9-11-16)6-4-5-7-21(25)26/h8-13H,3-7H2,1-2H3,(H,25,26). The molecule has 0 spiro atoms. The smallest absolute Gasteiger partial charge is 0.303 e. The first kappa shape index (κ1) is 18.5. The predicted molar refractivity (Wildman–Crippen MR) is 105 cm³/mol. The number of aryl methyl sites for hydroxylation is 3. The second-order valence-corrected chi connectivity index (χ2v) is 6.98.